The van der Waals surface area contributed by atoms with E-state index >= 15 is 0 Å². The largest absolute Gasteiger partial charge is 0.377 e. The van der Waals surface area contributed by atoms with Gasteiger partial charge in [-0.05, 0) is 0 Å². The van der Waals surface area contributed by atoms with Crippen LogP contribution in [-0.4, -0.2) is 39.5 Å². The molecule has 0 radical (unpaired) electrons. The van der Waals surface area contributed by atoms with Crippen LogP contribution < -0.4 is 0 Å². The highest BCUT2D eigenvalue weighted by Crippen LogP contribution is 2.30. The first kappa shape index (κ1) is 23.2. The summed E-state index contributed by atoms with van der Waals surface area (Å²) in [6, 6.07) is 27.3. The zero-order chi connectivity index (χ0) is 21.8. The summed E-state index contributed by atoms with van der Waals surface area (Å²) < 4.78 is 15.5. The number of rotatable bonds is 8. The second kappa shape index (κ2) is 11.8. The highest BCUT2D eigenvalue weighted by atomic mass is 16.7. The van der Waals surface area contributed by atoms with Crippen molar-refractivity contribution in [3.63, 3.8) is 0 Å². The van der Waals surface area contributed by atoms with E-state index in [9.17, 15) is 9.59 Å². The lowest BCUT2D eigenvalue weighted by Crippen LogP contribution is -2.39. The van der Waals surface area contributed by atoms with E-state index in [4.69, 9.17) is 14.2 Å². The Hall–Kier alpha value is -3.12. The first-order valence-corrected chi connectivity index (χ1v) is 9.42. The molecule has 0 unspecified atom stereocenters. The van der Waals surface area contributed by atoms with Crippen LogP contribution in [0, 0.1) is 0 Å². The molecular formula is C25H26O5. The SMILES string of the molecule is COC(OC)(C(=O)c1ccccc1)c1ccccc1.COCC(=O)c1ccccc1. The van der Waals surface area contributed by atoms with Crippen molar-refractivity contribution in [2.75, 3.05) is 27.9 Å². The standard InChI is InChI=1S/C16H16O3.C9H10O2/c1-18-16(19-2,14-11-7-4-8-12-14)15(17)13-9-5-3-6-10-13;1-11-7-9(10)8-5-3-2-4-6-8/h3-12H,1-2H3;2-6H,7H2,1H3. The molecule has 30 heavy (non-hydrogen) atoms. The smallest absolute Gasteiger partial charge is 0.260 e. The van der Waals surface area contributed by atoms with Gasteiger partial charge in [0, 0.05) is 38.0 Å². The highest BCUT2D eigenvalue weighted by Gasteiger charge is 2.41. The van der Waals surface area contributed by atoms with E-state index in [1.807, 2.05) is 66.7 Å². The average molecular weight is 406 g/mol. The van der Waals surface area contributed by atoms with Crippen molar-refractivity contribution in [1.82, 2.24) is 0 Å². The van der Waals surface area contributed by atoms with Crippen molar-refractivity contribution in [1.29, 1.82) is 0 Å². The van der Waals surface area contributed by atoms with Crippen LogP contribution in [0.15, 0.2) is 91.0 Å². The van der Waals surface area contributed by atoms with Crippen molar-refractivity contribution < 1.29 is 23.8 Å². The van der Waals surface area contributed by atoms with E-state index in [0.29, 0.717) is 16.7 Å². The van der Waals surface area contributed by atoms with Crippen LogP contribution in [0.2, 0.25) is 0 Å². The monoisotopic (exact) mass is 406 g/mol. The molecule has 5 nitrogen and oxygen atoms in total. The zero-order valence-electron chi connectivity index (χ0n) is 17.4. The molecule has 0 fully saturated rings. The van der Waals surface area contributed by atoms with Crippen LogP contribution in [0.4, 0.5) is 0 Å². The molecule has 0 aliphatic heterocycles. The van der Waals surface area contributed by atoms with E-state index in [-0.39, 0.29) is 18.2 Å². The number of hydrogen-bond acceptors (Lipinski definition) is 5. The number of ketones is 2. The molecule has 0 bridgehead atoms. The molecular weight excluding hydrogens is 380 g/mol. The van der Waals surface area contributed by atoms with Crippen LogP contribution in [0.1, 0.15) is 26.3 Å². The summed E-state index contributed by atoms with van der Waals surface area (Å²) in [7, 11) is 4.45. The van der Waals surface area contributed by atoms with E-state index in [1.165, 1.54) is 21.3 Å². The van der Waals surface area contributed by atoms with Gasteiger partial charge in [0.25, 0.3) is 5.79 Å². The molecule has 0 spiro atoms. The number of Topliss-reactive ketones (excluding diaryl/α,β-unsaturated/α-hetero) is 2. The van der Waals surface area contributed by atoms with Crippen molar-refractivity contribution in [3.05, 3.63) is 108 Å². The molecule has 3 aromatic carbocycles. The van der Waals surface area contributed by atoms with Gasteiger partial charge in [0.05, 0.1) is 0 Å². The fourth-order valence-corrected chi connectivity index (χ4v) is 2.91. The van der Waals surface area contributed by atoms with Gasteiger partial charge in [0.2, 0.25) is 5.78 Å². The Morgan fingerprint density at radius 2 is 1.10 bits per heavy atom. The topological polar surface area (TPSA) is 61.8 Å². The van der Waals surface area contributed by atoms with Crippen LogP contribution in [0.3, 0.4) is 0 Å². The predicted octanol–water partition coefficient (Wildman–Crippen LogP) is 4.53. The Kier molecular flexibility index (Phi) is 9.09. The summed E-state index contributed by atoms with van der Waals surface area (Å²) in [6.45, 7) is 0.157. The first-order valence-electron chi connectivity index (χ1n) is 9.42. The first-order chi connectivity index (χ1) is 14.6. The van der Waals surface area contributed by atoms with Crippen LogP contribution in [0.5, 0.6) is 0 Å². The number of carbonyl (C=O) groups excluding carboxylic acids is 2. The van der Waals surface area contributed by atoms with Crippen molar-refractivity contribution in [3.8, 4) is 0 Å². The van der Waals surface area contributed by atoms with Crippen molar-refractivity contribution in [2.24, 2.45) is 0 Å². The van der Waals surface area contributed by atoms with Gasteiger partial charge < -0.3 is 14.2 Å². The number of carbonyl (C=O) groups is 2. The Bertz CT molecular complexity index is 904. The zero-order valence-corrected chi connectivity index (χ0v) is 17.4. The Labute approximate surface area is 177 Å². The van der Waals surface area contributed by atoms with Gasteiger partial charge in [-0.2, -0.15) is 0 Å². The fraction of sp³-hybridized carbons (Fsp3) is 0.200. The third kappa shape index (κ3) is 5.70. The minimum atomic E-state index is -1.40. The molecule has 0 amide bonds. The highest BCUT2D eigenvalue weighted by molar-refractivity contribution is 6.02. The molecule has 3 rings (SSSR count). The summed E-state index contributed by atoms with van der Waals surface area (Å²) in [5, 5.41) is 0. The molecule has 0 saturated heterocycles. The maximum absolute atomic E-state index is 12.7. The quantitative estimate of drug-likeness (QED) is 0.406. The molecule has 0 heterocycles. The predicted molar refractivity (Wildman–Crippen MR) is 116 cm³/mol. The van der Waals surface area contributed by atoms with Gasteiger partial charge >= 0.3 is 0 Å². The summed E-state index contributed by atoms with van der Waals surface area (Å²) >= 11 is 0. The van der Waals surface area contributed by atoms with Gasteiger partial charge in [-0.25, -0.2) is 0 Å². The lowest BCUT2D eigenvalue weighted by atomic mass is 9.96. The van der Waals surface area contributed by atoms with Crippen LogP contribution in [0.25, 0.3) is 0 Å². The minimum absolute atomic E-state index is 0.0214. The van der Waals surface area contributed by atoms with E-state index in [2.05, 4.69) is 0 Å². The molecule has 156 valence electrons. The lowest BCUT2D eigenvalue weighted by molar-refractivity contribution is -0.176. The van der Waals surface area contributed by atoms with Gasteiger partial charge in [-0.15, -0.1) is 0 Å². The Morgan fingerprint density at radius 3 is 1.53 bits per heavy atom. The molecule has 0 aliphatic carbocycles. The van der Waals surface area contributed by atoms with Crippen LogP contribution >= 0.6 is 0 Å². The van der Waals surface area contributed by atoms with E-state index in [1.54, 1.807) is 24.3 Å². The third-order valence-corrected chi connectivity index (χ3v) is 4.43. The average Bonchev–Trinajstić information content (AvgIpc) is 2.82. The maximum Gasteiger partial charge on any atom is 0.260 e. The van der Waals surface area contributed by atoms with Crippen LogP contribution in [-0.2, 0) is 20.0 Å². The van der Waals surface area contributed by atoms with Crippen molar-refractivity contribution in [2.45, 2.75) is 5.79 Å². The summed E-state index contributed by atoms with van der Waals surface area (Å²) in [5.41, 5.74) is 1.93. The summed E-state index contributed by atoms with van der Waals surface area (Å²) in [5.74, 6) is -1.60. The van der Waals surface area contributed by atoms with E-state index < -0.39 is 5.79 Å². The molecule has 0 N–H and O–H groups in total. The molecule has 0 saturated carbocycles. The minimum Gasteiger partial charge on any atom is -0.377 e. The number of ether oxygens (including phenoxy) is 3. The molecule has 0 atom stereocenters. The van der Waals surface area contributed by atoms with Gasteiger partial charge in [-0.3, -0.25) is 9.59 Å². The number of benzene rings is 3. The third-order valence-electron chi connectivity index (χ3n) is 4.43. The maximum atomic E-state index is 12.7. The van der Waals surface area contributed by atoms with Gasteiger partial charge in [0.1, 0.15) is 6.61 Å². The number of hydrogen-bond donors (Lipinski definition) is 0. The fourth-order valence-electron chi connectivity index (χ4n) is 2.91. The summed E-state index contributed by atoms with van der Waals surface area (Å²) in [6.07, 6.45) is 0. The Balaban J connectivity index is 0.000000248. The number of methoxy groups -OCH3 is 3. The molecule has 3 aromatic rings. The molecule has 0 aliphatic rings. The molecule has 0 aromatic heterocycles. The second-order valence-corrected chi connectivity index (χ2v) is 6.31. The second-order valence-electron chi connectivity index (χ2n) is 6.31. The van der Waals surface area contributed by atoms with E-state index in [0.717, 1.165) is 0 Å². The van der Waals surface area contributed by atoms with Gasteiger partial charge in [-0.1, -0.05) is 91.0 Å². The Morgan fingerprint density at radius 1 is 0.667 bits per heavy atom. The summed E-state index contributed by atoms with van der Waals surface area (Å²) in [4.78, 5) is 23.8. The lowest BCUT2D eigenvalue weighted by Gasteiger charge is -2.29. The normalized spacial score (nSPS) is 10.6. The van der Waals surface area contributed by atoms with Gasteiger partial charge in [0.15, 0.2) is 5.78 Å². The molecule has 5 heteroatoms. The van der Waals surface area contributed by atoms with Crippen molar-refractivity contribution >= 4 is 11.6 Å².